The van der Waals surface area contributed by atoms with Gasteiger partial charge in [-0.3, -0.25) is 0 Å². The Bertz CT molecular complexity index is 648. The van der Waals surface area contributed by atoms with Crippen molar-refractivity contribution in [2.45, 2.75) is 20.8 Å². The van der Waals surface area contributed by atoms with Gasteiger partial charge in [-0.15, -0.1) is 0 Å². The summed E-state index contributed by atoms with van der Waals surface area (Å²) in [5, 5.41) is 10.4. The highest BCUT2D eigenvalue weighted by Crippen LogP contribution is 2.39. The Morgan fingerprint density at radius 2 is 1.81 bits per heavy atom. The van der Waals surface area contributed by atoms with Crippen molar-refractivity contribution >= 4 is 5.97 Å². The molecule has 2 rings (SSSR count). The largest absolute Gasteiger partial charge is 0.504 e. The van der Waals surface area contributed by atoms with Gasteiger partial charge in [-0.2, -0.15) is 0 Å². The van der Waals surface area contributed by atoms with Crippen molar-refractivity contribution in [3.8, 4) is 17.2 Å². The Kier molecular flexibility index (Phi) is 4.48. The number of hydrogen-bond donors (Lipinski definition) is 1. The fourth-order valence-electron chi connectivity index (χ4n) is 2.15. The lowest BCUT2D eigenvalue weighted by Gasteiger charge is -2.15. The van der Waals surface area contributed by atoms with E-state index in [1.54, 1.807) is 32.0 Å². The fraction of sp³-hybridized carbons (Fsp3) is 0.235. The molecule has 4 heteroatoms. The van der Waals surface area contributed by atoms with Crippen molar-refractivity contribution in [3.63, 3.8) is 0 Å². The Balaban J connectivity index is 2.46. The Morgan fingerprint density at radius 1 is 1.14 bits per heavy atom. The molecule has 110 valence electrons. The summed E-state index contributed by atoms with van der Waals surface area (Å²) in [6.07, 6.45) is 0. The minimum Gasteiger partial charge on any atom is -0.504 e. The quantitative estimate of drug-likeness (QED) is 0.864. The number of phenolic OH excluding ortho intramolecular Hbond substituents is 1. The molecule has 0 heterocycles. The lowest BCUT2D eigenvalue weighted by Crippen LogP contribution is -2.08. The van der Waals surface area contributed by atoms with E-state index in [0.29, 0.717) is 11.3 Å². The van der Waals surface area contributed by atoms with E-state index in [1.165, 1.54) is 0 Å². The van der Waals surface area contributed by atoms with Crippen molar-refractivity contribution in [1.29, 1.82) is 0 Å². The fourth-order valence-corrected chi connectivity index (χ4v) is 2.15. The van der Waals surface area contributed by atoms with Gasteiger partial charge in [0.2, 0.25) is 0 Å². The lowest BCUT2D eigenvalue weighted by molar-refractivity contribution is 0.0521. The highest BCUT2D eigenvalue weighted by atomic mass is 16.5. The van der Waals surface area contributed by atoms with E-state index in [0.717, 1.165) is 5.56 Å². The predicted octanol–water partition coefficient (Wildman–Crippen LogP) is 3.98. The topological polar surface area (TPSA) is 55.8 Å². The van der Waals surface area contributed by atoms with Crippen LogP contribution in [0.1, 0.15) is 28.4 Å². The van der Waals surface area contributed by atoms with Crippen LogP contribution in [0, 0.1) is 13.8 Å². The van der Waals surface area contributed by atoms with Gasteiger partial charge < -0.3 is 14.6 Å². The maximum atomic E-state index is 12.0. The molecule has 0 atom stereocenters. The summed E-state index contributed by atoms with van der Waals surface area (Å²) in [6.45, 7) is 5.55. The van der Waals surface area contributed by atoms with Gasteiger partial charge in [0.25, 0.3) is 0 Å². The number of phenols is 1. The first kappa shape index (κ1) is 14.9. The molecular weight excluding hydrogens is 268 g/mol. The van der Waals surface area contributed by atoms with E-state index < -0.39 is 5.97 Å². The number of rotatable bonds is 4. The summed E-state index contributed by atoms with van der Waals surface area (Å²) in [4.78, 5) is 12.0. The molecule has 0 bridgehead atoms. The molecule has 0 saturated carbocycles. The monoisotopic (exact) mass is 286 g/mol. The van der Waals surface area contributed by atoms with Gasteiger partial charge in [0.1, 0.15) is 11.3 Å². The number of benzene rings is 2. The molecule has 1 N–H and O–H groups in total. The van der Waals surface area contributed by atoms with E-state index >= 15 is 0 Å². The molecule has 4 nitrogen and oxygen atoms in total. The highest BCUT2D eigenvalue weighted by molar-refractivity contribution is 5.95. The Morgan fingerprint density at radius 3 is 2.43 bits per heavy atom. The number of hydrogen-bond acceptors (Lipinski definition) is 4. The van der Waals surface area contributed by atoms with Crippen LogP contribution in [0.2, 0.25) is 0 Å². The average molecular weight is 286 g/mol. The Labute approximate surface area is 123 Å². The van der Waals surface area contributed by atoms with E-state index in [1.807, 2.05) is 25.1 Å². The number of ether oxygens (including phenoxy) is 2. The molecule has 0 radical (unpaired) electrons. The lowest BCUT2D eigenvalue weighted by atomic mass is 10.0. The average Bonchev–Trinajstić information content (AvgIpc) is 2.44. The van der Waals surface area contributed by atoms with E-state index in [9.17, 15) is 9.90 Å². The van der Waals surface area contributed by atoms with Gasteiger partial charge in [-0.25, -0.2) is 4.79 Å². The zero-order chi connectivity index (χ0) is 15.4. The van der Waals surface area contributed by atoms with Crippen molar-refractivity contribution < 1.29 is 19.4 Å². The second-order valence-corrected chi connectivity index (χ2v) is 4.70. The zero-order valence-corrected chi connectivity index (χ0v) is 12.3. The standard InChI is InChI=1S/C17H18O4/c1-4-20-17(19)14-11(2)10-12(3)16(15(14)18)21-13-8-6-5-7-9-13/h5-10,18H,4H2,1-3H3. The van der Waals surface area contributed by atoms with Gasteiger partial charge in [-0.1, -0.05) is 24.3 Å². The van der Waals surface area contributed by atoms with Crippen LogP contribution in [0.5, 0.6) is 17.2 Å². The molecule has 0 saturated heterocycles. The van der Waals surface area contributed by atoms with Gasteiger partial charge in [-0.05, 0) is 44.0 Å². The van der Waals surface area contributed by atoms with Gasteiger partial charge in [0.15, 0.2) is 11.5 Å². The summed E-state index contributed by atoms with van der Waals surface area (Å²) in [5.74, 6) is 0.129. The molecule has 0 aliphatic rings. The van der Waals surface area contributed by atoms with Crippen molar-refractivity contribution in [2.24, 2.45) is 0 Å². The normalized spacial score (nSPS) is 10.2. The Hall–Kier alpha value is -2.49. The number of aryl methyl sites for hydroxylation is 2. The number of esters is 1. The van der Waals surface area contributed by atoms with Gasteiger partial charge in [0, 0.05) is 0 Å². The van der Waals surface area contributed by atoms with Crippen molar-refractivity contribution in [3.05, 3.63) is 53.1 Å². The third kappa shape index (κ3) is 3.16. The molecule has 0 aliphatic heterocycles. The number of aromatic hydroxyl groups is 1. The molecule has 0 spiro atoms. The first-order chi connectivity index (χ1) is 10.0. The third-order valence-corrected chi connectivity index (χ3v) is 3.08. The molecule has 2 aromatic carbocycles. The molecule has 21 heavy (non-hydrogen) atoms. The first-order valence-electron chi connectivity index (χ1n) is 6.77. The van der Waals surface area contributed by atoms with E-state index in [2.05, 4.69) is 0 Å². The van der Waals surface area contributed by atoms with Crippen LogP contribution >= 0.6 is 0 Å². The molecule has 0 aliphatic carbocycles. The van der Waals surface area contributed by atoms with Crippen molar-refractivity contribution in [1.82, 2.24) is 0 Å². The van der Waals surface area contributed by atoms with Crippen LogP contribution in [0.15, 0.2) is 36.4 Å². The maximum Gasteiger partial charge on any atom is 0.342 e. The van der Waals surface area contributed by atoms with Crippen LogP contribution in [0.3, 0.4) is 0 Å². The van der Waals surface area contributed by atoms with Gasteiger partial charge in [0.05, 0.1) is 6.61 Å². The smallest absolute Gasteiger partial charge is 0.342 e. The summed E-state index contributed by atoms with van der Waals surface area (Å²) in [6, 6.07) is 10.9. The zero-order valence-electron chi connectivity index (χ0n) is 12.3. The summed E-state index contributed by atoms with van der Waals surface area (Å²) in [7, 11) is 0. The summed E-state index contributed by atoms with van der Waals surface area (Å²) < 4.78 is 10.7. The number of carbonyl (C=O) groups is 1. The summed E-state index contributed by atoms with van der Waals surface area (Å²) >= 11 is 0. The van der Waals surface area contributed by atoms with Crippen LogP contribution in [-0.4, -0.2) is 17.7 Å². The van der Waals surface area contributed by atoms with Crippen LogP contribution < -0.4 is 4.74 Å². The minimum atomic E-state index is -0.551. The van der Waals surface area contributed by atoms with E-state index in [4.69, 9.17) is 9.47 Å². The highest BCUT2D eigenvalue weighted by Gasteiger charge is 2.22. The van der Waals surface area contributed by atoms with Crippen LogP contribution in [0.25, 0.3) is 0 Å². The second-order valence-electron chi connectivity index (χ2n) is 4.70. The third-order valence-electron chi connectivity index (χ3n) is 3.08. The SMILES string of the molecule is CCOC(=O)c1c(C)cc(C)c(Oc2ccccc2)c1O. The number of para-hydroxylation sites is 1. The predicted molar refractivity (Wildman–Crippen MR) is 80.1 cm³/mol. The molecule has 0 unspecified atom stereocenters. The van der Waals surface area contributed by atoms with Crippen LogP contribution in [0.4, 0.5) is 0 Å². The summed E-state index contributed by atoms with van der Waals surface area (Å²) in [5.41, 5.74) is 1.55. The van der Waals surface area contributed by atoms with Crippen LogP contribution in [-0.2, 0) is 4.74 Å². The second kappa shape index (κ2) is 6.31. The van der Waals surface area contributed by atoms with Gasteiger partial charge >= 0.3 is 5.97 Å². The molecule has 0 amide bonds. The minimum absolute atomic E-state index is 0.147. The molecule has 0 fully saturated rings. The number of carbonyl (C=O) groups excluding carboxylic acids is 1. The maximum absolute atomic E-state index is 12.0. The molecule has 0 aromatic heterocycles. The first-order valence-corrected chi connectivity index (χ1v) is 6.77. The molecule has 2 aromatic rings. The van der Waals surface area contributed by atoms with Crippen molar-refractivity contribution in [2.75, 3.05) is 6.61 Å². The van der Waals surface area contributed by atoms with E-state index in [-0.39, 0.29) is 23.7 Å². The molecular formula is C17H18O4.